The summed E-state index contributed by atoms with van der Waals surface area (Å²) < 4.78 is 19.6. The summed E-state index contributed by atoms with van der Waals surface area (Å²) in [4.78, 5) is 31.8. The molecule has 2 aromatic rings. The molecule has 0 N–H and O–H groups in total. The van der Waals surface area contributed by atoms with Crippen molar-refractivity contribution in [3.05, 3.63) is 52.0 Å². The quantitative estimate of drug-likeness (QED) is 0.473. The van der Waals surface area contributed by atoms with Crippen molar-refractivity contribution < 1.29 is 18.7 Å². The monoisotopic (exact) mass is 486 g/mol. The maximum atomic E-state index is 13.6. The fourth-order valence-corrected chi connectivity index (χ4v) is 5.96. The van der Waals surface area contributed by atoms with Gasteiger partial charge in [0.2, 0.25) is 11.8 Å². The minimum absolute atomic E-state index is 0.0423. The standard InChI is InChI=1S/C27H35FN2O3S/c1-3-19(2)16-29(27(32)20-7-4-5-8-20)17-26(31)30-13-11-25-23(12-14-34-25)24(30)18-33-22-10-6-9-21(28)15-22/h6,9-10,12,14-15,19-20,24H,3-5,7-8,11,13,16-18H2,1-2H3/t19-,24+/m1/s1. The molecule has 2 atom stereocenters. The second-order valence-corrected chi connectivity index (χ2v) is 10.6. The summed E-state index contributed by atoms with van der Waals surface area (Å²) in [6, 6.07) is 7.88. The lowest BCUT2D eigenvalue weighted by Crippen LogP contribution is -2.49. The molecule has 0 saturated heterocycles. The summed E-state index contributed by atoms with van der Waals surface area (Å²) in [7, 11) is 0. The maximum Gasteiger partial charge on any atom is 0.242 e. The number of amides is 2. The molecule has 0 bridgehead atoms. The fraction of sp³-hybridized carbons (Fsp3) is 0.556. The summed E-state index contributed by atoms with van der Waals surface area (Å²) in [6.45, 7) is 5.81. The van der Waals surface area contributed by atoms with Crippen LogP contribution < -0.4 is 4.74 Å². The molecule has 0 unspecified atom stereocenters. The van der Waals surface area contributed by atoms with Gasteiger partial charge in [0.1, 0.15) is 18.2 Å². The third kappa shape index (κ3) is 5.80. The second kappa shape index (κ2) is 11.3. The van der Waals surface area contributed by atoms with Crippen molar-refractivity contribution in [2.75, 3.05) is 26.2 Å². The van der Waals surface area contributed by atoms with Gasteiger partial charge in [0, 0.05) is 30.0 Å². The summed E-state index contributed by atoms with van der Waals surface area (Å²) in [6.07, 6.45) is 5.81. The molecule has 1 aromatic heterocycles. The lowest BCUT2D eigenvalue weighted by molar-refractivity contribution is -0.145. The van der Waals surface area contributed by atoms with E-state index in [0.29, 0.717) is 24.8 Å². The van der Waals surface area contributed by atoms with Crippen LogP contribution in [0.2, 0.25) is 0 Å². The Hall–Kier alpha value is -2.41. The maximum absolute atomic E-state index is 13.6. The highest BCUT2D eigenvalue weighted by molar-refractivity contribution is 7.10. The molecule has 34 heavy (non-hydrogen) atoms. The van der Waals surface area contributed by atoms with Gasteiger partial charge < -0.3 is 14.5 Å². The number of hydrogen-bond donors (Lipinski definition) is 0. The van der Waals surface area contributed by atoms with Gasteiger partial charge >= 0.3 is 0 Å². The first kappa shape index (κ1) is 24.7. The molecule has 0 radical (unpaired) electrons. The van der Waals surface area contributed by atoms with Crippen LogP contribution in [0.5, 0.6) is 5.75 Å². The van der Waals surface area contributed by atoms with Crippen LogP contribution in [0, 0.1) is 17.7 Å². The topological polar surface area (TPSA) is 49.9 Å². The van der Waals surface area contributed by atoms with E-state index in [-0.39, 0.29) is 42.7 Å². The smallest absolute Gasteiger partial charge is 0.242 e. The molecule has 2 heterocycles. The number of carbonyl (C=O) groups excluding carboxylic acids is 2. The summed E-state index contributed by atoms with van der Waals surface area (Å²) in [5.74, 6) is 0.580. The molecule has 1 fully saturated rings. The van der Waals surface area contributed by atoms with E-state index >= 15 is 0 Å². The molecule has 0 spiro atoms. The van der Waals surface area contributed by atoms with Gasteiger partial charge in [-0.05, 0) is 54.3 Å². The third-order valence-electron chi connectivity index (χ3n) is 7.19. The number of halogens is 1. The van der Waals surface area contributed by atoms with E-state index in [1.807, 2.05) is 10.3 Å². The molecular weight excluding hydrogens is 451 g/mol. The van der Waals surface area contributed by atoms with E-state index < -0.39 is 0 Å². The molecule has 5 nitrogen and oxygen atoms in total. The van der Waals surface area contributed by atoms with Gasteiger partial charge in [-0.2, -0.15) is 0 Å². The number of ether oxygens (including phenoxy) is 1. The minimum Gasteiger partial charge on any atom is -0.491 e. The predicted molar refractivity (Wildman–Crippen MR) is 132 cm³/mol. The highest BCUT2D eigenvalue weighted by Gasteiger charge is 2.35. The van der Waals surface area contributed by atoms with Gasteiger partial charge in [0.05, 0.1) is 12.6 Å². The van der Waals surface area contributed by atoms with E-state index in [1.54, 1.807) is 28.4 Å². The van der Waals surface area contributed by atoms with Gasteiger partial charge in [0.15, 0.2) is 0 Å². The number of benzene rings is 1. The summed E-state index contributed by atoms with van der Waals surface area (Å²) in [5, 5.41) is 2.05. The van der Waals surface area contributed by atoms with Crippen LogP contribution in [0.4, 0.5) is 4.39 Å². The Kier molecular flexibility index (Phi) is 8.24. The molecular formula is C27H35FN2O3S. The zero-order valence-corrected chi connectivity index (χ0v) is 21.0. The first-order valence-electron chi connectivity index (χ1n) is 12.5. The largest absolute Gasteiger partial charge is 0.491 e. The van der Waals surface area contributed by atoms with E-state index in [4.69, 9.17) is 4.74 Å². The van der Waals surface area contributed by atoms with Crippen molar-refractivity contribution in [3.8, 4) is 5.75 Å². The van der Waals surface area contributed by atoms with Crippen molar-refractivity contribution in [2.45, 2.75) is 58.4 Å². The number of hydrogen-bond acceptors (Lipinski definition) is 4. The zero-order chi connectivity index (χ0) is 24.1. The summed E-state index contributed by atoms with van der Waals surface area (Å²) >= 11 is 1.70. The number of thiophene rings is 1. The number of nitrogens with zero attached hydrogens (tertiary/aromatic N) is 2. The van der Waals surface area contributed by atoms with Crippen molar-refractivity contribution in [3.63, 3.8) is 0 Å². The highest BCUT2D eigenvalue weighted by atomic mass is 32.1. The van der Waals surface area contributed by atoms with Crippen LogP contribution in [0.25, 0.3) is 0 Å². The minimum atomic E-state index is -0.351. The van der Waals surface area contributed by atoms with Gasteiger partial charge in [-0.25, -0.2) is 4.39 Å². The third-order valence-corrected chi connectivity index (χ3v) is 8.19. The molecule has 2 amide bonds. The van der Waals surface area contributed by atoms with E-state index in [1.165, 1.54) is 17.0 Å². The van der Waals surface area contributed by atoms with Crippen molar-refractivity contribution in [1.29, 1.82) is 0 Å². The first-order valence-corrected chi connectivity index (χ1v) is 13.4. The second-order valence-electron chi connectivity index (χ2n) is 9.63. The van der Waals surface area contributed by atoms with Gasteiger partial charge in [0.25, 0.3) is 0 Å². The zero-order valence-electron chi connectivity index (χ0n) is 20.2. The molecule has 1 aliphatic heterocycles. The van der Waals surface area contributed by atoms with E-state index in [0.717, 1.165) is 44.1 Å². The number of fused-ring (bicyclic) bond motifs is 1. The van der Waals surface area contributed by atoms with Crippen molar-refractivity contribution >= 4 is 23.2 Å². The fourth-order valence-electron chi connectivity index (χ4n) is 5.03. The lowest BCUT2D eigenvalue weighted by atomic mass is 10.00. The molecule has 7 heteroatoms. The molecule has 4 rings (SSSR count). The Morgan fingerprint density at radius 3 is 2.79 bits per heavy atom. The Labute approximate surface area is 205 Å². The lowest BCUT2D eigenvalue weighted by Gasteiger charge is -2.37. The Bertz CT molecular complexity index is 988. The van der Waals surface area contributed by atoms with Gasteiger partial charge in [-0.1, -0.05) is 39.2 Å². The van der Waals surface area contributed by atoms with Crippen LogP contribution in [0.3, 0.4) is 0 Å². The SMILES string of the molecule is CC[C@@H](C)CN(CC(=O)N1CCc2sccc2[C@@H]1COc1cccc(F)c1)C(=O)C1CCCC1. The highest BCUT2D eigenvalue weighted by Crippen LogP contribution is 2.34. The Morgan fingerprint density at radius 1 is 1.26 bits per heavy atom. The van der Waals surface area contributed by atoms with Gasteiger partial charge in [-0.3, -0.25) is 9.59 Å². The first-order chi connectivity index (χ1) is 16.5. The van der Waals surface area contributed by atoms with Crippen LogP contribution in [0.1, 0.15) is 62.4 Å². The number of rotatable bonds is 9. The van der Waals surface area contributed by atoms with Crippen LogP contribution in [-0.2, 0) is 16.0 Å². The molecule has 1 aromatic carbocycles. The van der Waals surface area contributed by atoms with Gasteiger partial charge in [-0.15, -0.1) is 11.3 Å². The average Bonchev–Trinajstić information content (AvgIpc) is 3.53. The van der Waals surface area contributed by atoms with Crippen LogP contribution >= 0.6 is 11.3 Å². The van der Waals surface area contributed by atoms with E-state index in [9.17, 15) is 14.0 Å². The van der Waals surface area contributed by atoms with Crippen molar-refractivity contribution in [2.24, 2.45) is 11.8 Å². The molecule has 1 saturated carbocycles. The number of carbonyl (C=O) groups is 2. The molecule has 1 aliphatic carbocycles. The van der Waals surface area contributed by atoms with E-state index in [2.05, 4.69) is 19.9 Å². The average molecular weight is 487 g/mol. The molecule has 2 aliphatic rings. The van der Waals surface area contributed by atoms with Crippen LogP contribution in [0.15, 0.2) is 35.7 Å². The predicted octanol–water partition coefficient (Wildman–Crippen LogP) is 5.46. The normalized spacial score (nSPS) is 19.0. The Morgan fingerprint density at radius 2 is 2.06 bits per heavy atom. The van der Waals surface area contributed by atoms with Crippen molar-refractivity contribution in [1.82, 2.24) is 9.80 Å². The summed E-state index contributed by atoms with van der Waals surface area (Å²) in [5.41, 5.74) is 1.09. The van der Waals surface area contributed by atoms with Crippen LogP contribution in [-0.4, -0.2) is 47.9 Å². The molecule has 184 valence electrons. The Balaban J connectivity index is 1.50.